The predicted octanol–water partition coefficient (Wildman–Crippen LogP) is 2.24. The Labute approximate surface area is 92.7 Å². The topological polar surface area (TPSA) is 17.0 Å². The second-order valence-electron chi connectivity index (χ2n) is 3.67. The summed E-state index contributed by atoms with van der Waals surface area (Å²) in [6, 6.07) is 2.26. The Bertz CT molecular complexity index is 377. The molecule has 0 unspecified atom stereocenters. The van der Waals surface area contributed by atoms with E-state index in [4.69, 9.17) is 0 Å². The summed E-state index contributed by atoms with van der Waals surface area (Å²) in [6.07, 6.45) is 0. The summed E-state index contributed by atoms with van der Waals surface area (Å²) in [6.45, 7) is 11.1. The van der Waals surface area contributed by atoms with Crippen molar-refractivity contribution in [3.05, 3.63) is 23.0 Å². The van der Waals surface area contributed by atoms with Crippen LogP contribution in [0.25, 0.3) is 0 Å². The molecule has 1 heterocycles. The number of rotatable bonds is 4. The van der Waals surface area contributed by atoms with Crippen molar-refractivity contribution in [1.82, 2.24) is 9.88 Å². The van der Waals surface area contributed by atoms with Crippen LogP contribution in [0.2, 0.25) is 0 Å². The lowest BCUT2D eigenvalue weighted by Gasteiger charge is -2.06. The fraction of sp³-hybridized carbons (Fsp3) is 0.538. The molecule has 1 aromatic rings. The normalized spacial score (nSPS) is 9.87. The van der Waals surface area contributed by atoms with Crippen LogP contribution >= 0.6 is 0 Å². The first kappa shape index (κ1) is 11.9. The first-order valence-corrected chi connectivity index (χ1v) is 5.46. The molecule has 0 atom stereocenters. The molecule has 0 fully saturated rings. The van der Waals surface area contributed by atoms with Gasteiger partial charge in [-0.15, -0.1) is 5.92 Å². The summed E-state index contributed by atoms with van der Waals surface area (Å²) < 4.78 is 2.34. The molecule has 0 aromatic carbocycles. The quantitative estimate of drug-likeness (QED) is 0.588. The van der Waals surface area contributed by atoms with Crippen molar-refractivity contribution in [2.75, 3.05) is 6.54 Å². The van der Waals surface area contributed by atoms with Crippen LogP contribution in [0.5, 0.6) is 0 Å². The zero-order valence-corrected chi connectivity index (χ0v) is 10.1. The number of nitrogens with one attached hydrogen (secondary N) is 1. The summed E-state index contributed by atoms with van der Waals surface area (Å²) in [5.74, 6) is 5.88. The molecule has 15 heavy (non-hydrogen) atoms. The molecule has 0 saturated carbocycles. The lowest BCUT2D eigenvalue weighted by atomic mass is 10.2. The molecule has 0 aliphatic carbocycles. The molecule has 0 bridgehead atoms. The van der Waals surface area contributed by atoms with E-state index in [9.17, 15) is 0 Å². The standard InChI is InChI=1S/C13H20N2/c1-5-7-8-14-10-13-9-11(3)15(6-2)12(13)4/h9,14H,6,8,10H2,1-4H3. The number of hydrogen-bond donors (Lipinski definition) is 1. The van der Waals surface area contributed by atoms with E-state index in [1.807, 2.05) is 6.92 Å². The average Bonchev–Trinajstić information content (AvgIpc) is 2.49. The van der Waals surface area contributed by atoms with Crippen molar-refractivity contribution < 1.29 is 0 Å². The molecular formula is C13H20N2. The van der Waals surface area contributed by atoms with Crippen LogP contribution in [0.3, 0.4) is 0 Å². The van der Waals surface area contributed by atoms with Crippen molar-refractivity contribution in [2.24, 2.45) is 0 Å². The van der Waals surface area contributed by atoms with Crippen LogP contribution in [0.4, 0.5) is 0 Å². The Kier molecular flexibility index (Phi) is 4.45. The molecule has 0 aliphatic heterocycles. The van der Waals surface area contributed by atoms with E-state index >= 15 is 0 Å². The first-order valence-electron chi connectivity index (χ1n) is 5.46. The van der Waals surface area contributed by atoms with Crippen LogP contribution in [0.1, 0.15) is 30.8 Å². The molecule has 0 spiro atoms. The Morgan fingerprint density at radius 2 is 2.13 bits per heavy atom. The third kappa shape index (κ3) is 2.87. The summed E-state index contributed by atoms with van der Waals surface area (Å²) in [5, 5.41) is 3.32. The van der Waals surface area contributed by atoms with Crippen molar-refractivity contribution >= 4 is 0 Å². The zero-order chi connectivity index (χ0) is 11.3. The average molecular weight is 204 g/mol. The maximum absolute atomic E-state index is 3.32. The van der Waals surface area contributed by atoms with Gasteiger partial charge in [-0.3, -0.25) is 0 Å². The van der Waals surface area contributed by atoms with Gasteiger partial charge in [-0.1, -0.05) is 5.92 Å². The molecule has 0 amide bonds. The molecule has 0 aliphatic rings. The van der Waals surface area contributed by atoms with Crippen molar-refractivity contribution in [2.45, 2.75) is 40.8 Å². The molecule has 0 saturated heterocycles. The highest BCUT2D eigenvalue weighted by molar-refractivity contribution is 5.26. The van der Waals surface area contributed by atoms with Gasteiger partial charge in [0.15, 0.2) is 0 Å². The predicted molar refractivity (Wildman–Crippen MR) is 64.7 cm³/mol. The van der Waals surface area contributed by atoms with Gasteiger partial charge < -0.3 is 9.88 Å². The highest BCUT2D eigenvalue weighted by Gasteiger charge is 2.06. The monoisotopic (exact) mass is 204 g/mol. The highest BCUT2D eigenvalue weighted by atomic mass is 15.0. The maximum Gasteiger partial charge on any atom is 0.0579 e. The van der Waals surface area contributed by atoms with E-state index < -0.39 is 0 Å². The van der Waals surface area contributed by atoms with Gasteiger partial charge in [0.1, 0.15) is 0 Å². The van der Waals surface area contributed by atoms with Gasteiger partial charge in [-0.2, -0.15) is 0 Å². The molecule has 1 rings (SSSR count). The highest BCUT2D eigenvalue weighted by Crippen LogP contribution is 2.14. The minimum absolute atomic E-state index is 0.770. The van der Waals surface area contributed by atoms with Crippen LogP contribution in [-0.4, -0.2) is 11.1 Å². The molecule has 82 valence electrons. The smallest absolute Gasteiger partial charge is 0.0579 e. The third-order valence-corrected chi connectivity index (χ3v) is 2.70. The van der Waals surface area contributed by atoms with E-state index in [0.717, 1.165) is 19.6 Å². The van der Waals surface area contributed by atoms with Gasteiger partial charge >= 0.3 is 0 Å². The second kappa shape index (κ2) is 5.63. The first-order chi connectivity index (χ1) is 7.20. The van der Waals surface area contributed by atoms with E-state index in [0.29, 0.717) is 0 Å². The minimum Gasteiger partial charge on any atom is -0.349 e. The lowest BCUT2D eigenvalue weighted by molar-refractivity contribution is 0.704. The van der Waals surface area contributed by atoms with E-state index in [-0.39, 0.29) is 0 Å². The van der Waals surface area contributed by atoms with Gasteiger partial charge in [0.05, 0.1) is 6.54 Å². The van der Waals surface area contributed by atoms with E-state index in [1.165, 1.54) is 17.0 Å². The number of hydrogen-bond acceptors (Lipinski definition) is 1. The van der Waals surface area contributed by atoms with Crippen molar-refractivity contribution in [1.29, 1.82) is 0 Å². The Morgan fingerprint density at radius 1 is 1.40 bits per heavy atom. The van der Waals surface area contributed by atoms with E-state index in [2.05, 4.69) is 48.6 Å². The molecule has 1 aromatic heterocycles. The summed E-state index contributed by atoms with van der Waals surface area (Å²) >= 11 is 0. The number of nitrogens with zero attached hydrogens (tertiary/aromatic N) is 1. The zero-order valence-electron chi connectivity index (χ0n) is 10.1. The number of aryl methyl sites for hydroxylation is 1. The SMILES string of the molecule is CC#CCNCc1cc(C)n(CC)c1C. The minimum atomic E-state index is 0.770. The third-order valence-electron chi connectivity index (χ3n) is 2.70. The molecule has 2 nitrogen and oxygen atoms in total. The van der Waals surface area contributed by atoms with Crippen LogP contribution < -0.4 is 5.32 Å². The summed E-state index contributed by atoms with van der Waals surface area (Å²) in [5.41, 5.74) is 4.09. The van der Waals surface area contributed by atoms with Crippen LogP contribution in [0, 0.1) is 25.7 Å². The lowest BCUT2D eigenvalue weighted by Crippen LogP contribution is -2.13. The van der Waals surface area contributed by atoms with Crippen molar-refractivity contribution in [3.63, 3.8) is 0 Å². The van der Waals surface area contributed by atoms with Gasteiger partial charge in [-0.25, -0.2) is 0 Å². The molecule has 1 N–H and O–H groups in total. The van der Waals surface area contributed by atoms with Crippen LogP contribution in [-0.2, 0) is 13.1 Å². The van der Waals surface area contributed by atoms with Gasteiger partial charge in [0.25, 0.3) is 0 Å². The number of aromatic nitrogens is 1. The molecule has 2 heteroatoms. The van der Waals surface area contributed by atoms with E-state index in [1.54, 1.807) is 0 Å². The van der Waals surface area contributed by atoms with Crippen LogP contribution in [0.15, 0.2) is 6.07 Å². The maximum atomic E-state index is 3.32. The summed E-state index contributed by atoms with van der Waals surface area (Å²) in [4.78, 5) is 0. The Morgan fingerprint density at radius 3 is 2.67 bits per heavy atom. The van der Waals surface area contributed by atoms with Gasteiger partial charge in [-0.05, 0) is 39.3 Å². The van der Waals surface area contributed by atoms with Crippen molar-refractivity contribution in [3.8, 4) is 11.8 Å². The fourth-order valence-corrected chi connectivity index (χ4v) is 1.89. The Hall–Kier alpha value is -1.20. The van der Waals surface area contributed by atoms with Gasteiger partial charge in [0, 0.05) is 24.5 Å². The Balaban J connectivity index is 2.64. The largest absolute Gasteiger partial charge is 0.349 e. The molecular weight excluding hydrogens is 184 g/mol. The van der Waals surface area contributed by atoms with Gasteiger partial charge in [0.2, 0.25) is 0 Å². The fourth-order valence-electron chi connectivity index (χ4n) is 1.89. The second-order valence-corrected chi connectivity index (χ2v) is 3.67. The molecule has 0 radical (unpaired) electrons. The summed E-state index contributed by atoms with van der Waals surface area (Å²) in [7, 11) is 0.